The molecule has 2 atom stereocenters. The van der Waals surface area contributed by atoms with E-state index in [-0.39, 0.29) is 17.3 Å². The van der Waals surface area contributed by atoms with Crippen molar-refractivity contribution in [2.24, 2.45) is 4.99 Å². The second kappa shape index (κ2) is 8.29. The molecule has 0 N–H and O–H groups in total. The van der Waals surface area contributed by atoms with Crippen LogP contribution in [0.25, 0.3) is 0 Å². The van der Waals surface area contributed by atoms with Gasteiger partial charge in [0.05, 0.1) is 29.7 Å². The van der Waals surface area contributed by atoms with Crippen LogP contribution in [0.5, 0.6) is 5.75 Å². The number of esters is 1. The van der Waals surface area contributed by atoms with Gasteiger partial charge in [-0.2, -0.15) is 0 Å². The average molecular weight is 467 g/mol. The maximum absolute atomic E-state index is 13.1. The Balaban J connectivity index is 2.21. The van der Waals surface area contributed by atoms with E-state index in [2.05, 4.69) is 20.9 Å². The summed E-state index contributed by atoms with van der Waals surface area (Å²) in [6.45, 7) is 7.34. The highest BCUT2D eigenvalue weighted by molar-refractivity contribution is 9.10. The minimum absolute atomic E-state index is 0.0550. The standard InChI is InChI=1S/C20H23BrN2O4S/c1-6-15-18(24)23-17(13-9-12(21)7-8-14(13)26-5)16(19(25)27-10(2)3)11(4)22-20(23)28-15/h7-10,15,17H,6H2,1-5H3/t15-,17+/m0/s1. The van der Waals surface area contributed by atoms with Crippen LogP contribution in [0.1, 0.15) is 45.7 Å². The Hall–Kier alpha value is -1.80. The summed E-state index contributed by atoms with van der Waals surface area (Å²) in [7, 11) is 1.57. The molecule has 6 nitrogen and oxygen atoms in total. The molecular weight excluding hydrogens is 444 g/mol. The molecule has 0 unspecified atom stereocenters. The lowest BCUT2D eigenvalue weighted by molar-refractivity contribution is -0.143. The molecule has 0 aliphatic carbocycles. The topological polar surface area (TPSA) is 68.2 Å². The summed E-state index contributed by atoms with van der Waals surface area (Å²) in [5.74, 6) is 0.0653. The molecule has 0 radical (unpaired) electrons. The summed E-state index contributed by atoms with van der Waals surface area (Å²) in [6, 6.07) is 4.90. The van der Waals surface area contributed by atoms with E-state index < -0.39 is 12.0 Å². The van der Waals surface area contributed by atoms with Crippen molar-refractivity contribution in [3.63, 3.8) is 0 Å². The number of rotatable bonds is 5. The number of fused-ring (bicyclic) bond motifs is 1. The quantitative estimate of drug-likeness (QED) is 0.599. The third-order valence-electron chi connectivity index (χ3n) is 4.57. The lowest BCUT2D eigenvalue weighted by atomic mass is 9.93. The second-order valence-corrected chi connectivity index (χ2v) is 8.94. The van der Waals surface area contributed by atoms with Crippen LogP contribution in [0, 0.1) is 0 Å². The molecule has 1 aromatic rings. The number of benzene rings is 1. The van der Waals surface area contributed by atoms with E-state index in [4.69, 9.17) is 9.47 Å². The van der Waals surface area contributed by atoms with Gasteiger partial charge in [0.15, 0.2) is 5.17 Å². The molecule has 150 valence electrons. The van der Waals surface area contributed by atoms with Crippen LogP contribution in [-0.2, 0) is 14.3 Å². The van der Waals surface area contributed by atoms with E-state index in [0.29, 0.717) is 34.2 Å². The van der Waals surface area contributed by atoms with Crippen molar-refractivity contribution in [2.45, 2.75) is 51.5 Å². The number of aliphatic imine (C=N–C) groups is 1. The third kappa shape index (κ3) is 3.72. The fourth-order valence-corrected chi connectivity index (χ4v) is 4.85. The van der Waals surface area contributed by atoms with E-state index in [9.17, 15) is 9.59 Å². The van der Waals surface area contributed by atoms with Crippen LogP contribution >= 0.6 is 27.7 Å². The van der Waals surface area contributed by atoms with Gasteiger partial charge in [-0.05, 0) is 45.4 Å². The number of ether oxygens (including phenoxy) is 2. The Morgan fingerprint density at radius 1 is 1.39 bits per heavy atom. The molecule has 2 heterocycles. The number of halogens is 1. The van der Waals surface area contributed by atoms with Crippen LogP contribution in [0.4, 0.5) is 0 Å². The number of carbonyl (C=O) groups excluding carboxylic acids is 2. The monoisotopic (exact) mass is 466 g/mol. The first-order valence-corrected chi connectivity index (χ1v) is 10.8. The predicted octanol–water partition coefficient (Wildman–Crippen LogP) is 4.45. The van der Waals surface area contributed by atoms with Gasteiger partial charge in [0, 0.05) is 10.0 Å². The lowest BCUT2D eigenvalue weighted by Crippen LogP contribution is -2.41. The highest BCUT2D eigenvalue weighted by Crippen LogP contribution is 2.46. The summed E-state index contributed by atoms with van der Waals surface area (Å²) in [6.07, 6.45) is 0.405. The first-order valence-electron chi connectivity index (χ1n) is 9.12. The highest BCUT2D eigenvalue weighted by Gasteiger charge is 2.48. The van der Waals surface area contributed by atoms with E-state index in [1.54, 1.807) is 32.8 Å². The SMILES string of the molecule is CC[C@@H]1SC2=NC(C)=C(C(=O)OC(C)C)[C@@H](c3cc(Br)ccc3OC)N2C1=O. The molecular formula is C20H23BrN2O4S. The van der Waals surface area contributed by atoms with Crippen molar-refractivity contribution in [3.8, 4) is 5.75 Å². The largest absolute Gasteiger partial charge is 0.496 e. The molecule has 3 rings (SSSR count). The van der Waals surface area contributed by atoms with Gasteiger partial charge in [-0.1, -0.05) is 34.6 Å². The van der Waals surface area contributed by atoms with Gasteiger partial charge in [-0.15, -0.1) is 0 Å². The van der Waals surface area contributed by atoms with E-state index >= 15 is 0 Å². The molecule has 1 amide bonds. The van der Waals surface area contributed by atoms with Gasteiger partial charge < -0.3 is 9.47 Å². The van der Waals surface area contributed by atoms with Crippen molar-refractivity contribution < 1.29 is 19.1 Å². The second-order valence-electron chi connectivity index (χ2n) is 6.86. The van der Waals surface area contributed by atoms with Crippen molar-refractivity contribution in [3.05, 3.63) is 39.5 Å². The molecule has 1 saturated heterocycles. The van der Waals surface area contributed by atoms with E-state index in [1.807, 2.05) is 25.1 Å². The fraction of sp³-hybridized carbons (Fsp3) is 0.450. The minimum atomic E-state index is -0.650. The van der Waals surface area contributed by atoms with Crippen molar-refractivity contribution >= 4 is 44.7 Å². The van der Waals surface area contributed by atoms with Gasteiger partial charge in [-0.3, -0.25) is 9.69 Å². The molecule has 0 bridgehead atoms. The van der Waals surface area contributed by atoms with Crippen LogP contribution in [0.2, 0.25) is 0 Å². The number of allylic oxidation sites excluding steroid dienone is 1. The number of carbonyl (C=O) groups is 2. The summed E-state index contributed by atoms with van der Waals surface area (Å²) >= 11 is 4.93. The molecule has 8 heteroatoms. The molecule has 0 aromatic heterocycles. The predicted molar refractivity (Wildman–Crippen MR) is 113 cm³/mol. The summed E-state index contributed by atoms with van der Waals surface area (Å²) in [4.78, 5) is 32.3. The summed E-state index contributed by atoms with van der Waals surface area (Å²) < 4.78 is 11.9. The Labute approximate surface area is 177 Å². The number of thioether (sulfide) groups is 1. The molecule has 1 aromatic carbocycles. The van der Waals surface area contributed by atoms with Crippen molar-refractivity contribution in [1.82, 2.24) is 4.90 Å². The smallest absolute Gasteiger partial charge is 0.338 e. The van der Waals surface area contributed by atoms with Crippen molar-refractivity contribution in [1.29, 1.82) is 0 Å². The molecule has 0 spiro atoms. The van der Waals surface area contributed by atoms with Gasteiger partial charge >= 0.3 is 5.97 Å². The number of amides is 1. The number of amidine groups is 1. The van der Waals surface area contributed by atoms with Crippen LogP contribution in [0.15, 0.2) is 38.9 Å². The summed E-state index contributed by atoms with van der Waals surface area (Å²) in [5.41, 5.74) is 1.63. The van der Waals surface area contributed by atoms with Crippen molar-refractivity contribution in [2.75, 3.05) is 7.11 Å². The Bertz CT molecular complexity index is 881. The number of hydrogen-bond donors (Lipinski definition) is 0. The van der Waals surface area contributed by atoms with Gasteiger partial charge in [0.25, 0.3) is 0 Å². The molecule has 0 saturated carbocycles. The molecule has 2 aliphatic heterocycles. The minimum Gasteiger partial charge on any atom is -0.496 e. The number of nitrogens with zero attached hydrogens (tertiary/aromatic N) is 2. The normalized spacial score (nSPS) is 21.8. The molecule has 1 fully saturated rings. The average Bonchev–Trinajstić information content (AvgIpc) is 2.95. The van der Waals surface area contributed by atoms with Crippen LogP contribution in [0.3, 0.4) is 0 Å². The number of hydrogen-bond acceptors (Lipinski definition) is 6. The summed E-state index contributed by atoms with van der Waals surface area (Å²) in [5, 5.41) is 0.398. The Morgan fingerprint density at radius 3 is 2.71 bits per heavy atom. The Kier molecular flexibility index (Phi) is 6.19. The first-order chi connectivity index (χ1) is 13.3. The molecule has 28 heavy (non-hydrogen) atoms. The lowest BCUT2D eigenvalue weighted by Gasteiger charge is -2.34. The fourth-order valence-electron chi connectivity index (χ4n) is 3.34. The third-order valence-corrected chi connectivity index (χ3v) is 6.38. The zero-order chi connectivity index (χ0) is 20.6. The highest BCUT2D eigenvalue weighted by atomic mass is 79.9. The van der Waals surface area contributed by atoms with Crippen LogP contribution in [-0.4, -0.2) is 40.4 Å². The number of methoxy groups -OCH3 is 1. The molecule has 2 aliphatic rings. The maximum atomic E-state index is 13.1. The first kappa shape index (κ1) is 20.9. The van der Waals surface area contributed by atoms with Gasteiger partial charge in [0.2, 0.25) is 5.91 Å². The Morgan fingerprint density at radius 2 is 2.11 bits per heavy atom. The van der Waals surface area contributed by atoms with Gasteiger partial charge in [-0.25, -0.2) is 9.79 Å². The van der Waals surface area contributed by atoms with Gasteiger partial charge in [0.1, 0.15) is 11.8 Å². The maximum Gasteiger partial charge on any atom is 0.338 e. The van der Waals surface area contributed by atoms with Crippen LogP contribution < -0.4 is 4.74 Å². The van der Waals surface area contributed by atoms with E-state index in [0.717, 1.165) is 4.47 Å². The zero-order valence-electron chi connectivity index (χ0n) is 16.5. The zero-order valence-corrected chi connectivity index (χ0v) is 18.9. The van der Waals surface area contributed by atoms with E-state index in [1.165, 1.54) is 11.8 Å².